The van der Waals surface area contributed by atoms with Crippen LogP contribution in [0.25, 0.3) is 10.9 Å². The molecule has 2 bridgehead atoms. The van der Waals surface area contributed by atoms with Crippen molar-refractivity contribution in [2.24, 2.45) is 5.92 Å². The number of phenols is 1. The van der Waals surface area contributed by atoms with Gasteiger partial charge in [0, 0.05) is 24.2 Å². The van der Waals surface area contributed by atoms with Gasteiger partial charge in [-0.1, -0.05) is 11.6 Å². The number of aliphatic hydroxyl groups excluding tert-OH is 1. The standard InChI is InChI=1S/C19H22N2O2/c1-2-12-11-21-8-6-13(12)9-18(21)19(23)15-5-7-20-17-4-3-14(22)10-16(15)17/h2-5,7,10,13,18-19,22-23H,6,8-9,11H2,1H3/b12-2+/t13-,18-,19+/m0/s1. The van der Waals surface area contributed by atoms with Gasteiger partial charge < -0.3 is 10.2 Å². The smallest absolute Gasteiger partial charge is 0.116 e. The minimum atomic E-state index is -0.552. The summed E-state index contributed by atoms with van der Waals surface area (Å²) in [6.07, 6.45) is 5.62. The lowest BCUT2D eigenvalue weighted by molar-refractivity contribution is -0.00340. The fourth-order valence-corrected chi connectivity index (χ4v) is 4.22. The molecule has 1 aromatic carbocycles. The van der Waals surface area contributed by atoms with Gasteiger partial charge >= 0.3 is 0 Å². The second-order valence-electron chi connectivity index (χ2n) is 6.67. The van der Waals surface area contributed by atoms with Crippen LogP contribution in [0.1, 0.15) is 31.4 Å². The highest BCUT2D eigenvalue weighted by Gasteiger charge is 2.40. The summed E-state index contributed by atoms with van der Waals surface area (Å²) in [5.74, 6) is 0.812. The van der Waals surface area contributed by atoms with Gasteiger partial charge in [0.2, 0.25) is 0 Å². The van der Waals surface area contributed by atoms with E-state index >= 15 is 0 Å². The number of rotatable bonds is 2. The van der Waals surface area contributed by atoms with Crippen LogP contribution in [0.15, 0.2) is 42.1 Å². The number of benzene rings is 1. The maximum absolute atomic E-state index is 11.0. The Kier molecular flexibility index (Phi) is 3.58. The SMILES string of the molecule is C/C=C1\CN2CC[C@H]1C[C@H]2[C@H](O)c1ccnc2ccc(O)cc12. The highest BCUT2D eigenvalue weighted by atomic mass is 16.3. The van der Waals surface area contributed by atoms with Crippen LogP contribution in [0.4, 0.5) is 0 Å². The van der Waals surface area contributed by atoms with Crippen LogP contribution >= 0.6 is 0 Å². The minimum Gasteiger partial charge on any atom is -0.508 e. The van der Waals surface area contributed by atoms with Crippen LogP contribution in [0.2, 0.25) is 0 Å². The first-order chi connectivity index (χ1) is 11.2. The predicted molar refractivity (Wildman–Crippen MR) is 90.2 cm³/mol. The van der Waals surface area contributed by atoms with Gasteiger partial charge in [-0.05, 0) is 62.1 Å². The Morgan fingerprint density at radius 1 is 1.35 bits per heavy atom. The zero-order valence-corrected chi connectivity index (χ0v) is 13.3. The number of aliphatic hydroxyl groups is 1. The Labute approximate surface area is 136 Å². The second-order valence-corrected chi connectivity index (χ2v) is 6.67. The quantitative estimate of drug-likeness (QED) is 0.837. The van der Waals surface area contributed by atoms with E-state index in [1.807, 2.05) is 6.07 Å². The molecule has 0 amide bonds. The zero-order valence-electron chi connectivity index (χ0n) is 13.3. The molecule has 4 atom stereocenters. The van der Waals surface area contributed by atoms with Crippen LogP contribution in [-0.2, 0) is 0 Å². The van der Waals surface area contributed by atoms with Crippen LogP contribution in [0, 0.1) is 5.92 Å². The molecule has 1 unspecified atom stereocenters. The molecule has 4 heterocycles. The third-order valence-corrected chi connectivity index (χ3v) is 5.48. The van der Waals surface area contributed by atoms with Crippen molar-refractivity contribution in [1.29, 1.82) is 0 Å². The first kappa shape index (κ1) is 14.7. The normalized spacial score (nSPS) is 30.0. The summed E-state index contributed by atoms with van der Waals surface area (Å²) in [6, 6.07) is 7.16. The van der Waals surface area contributed by atoms with Gasteiger partial charge in [0.05, 0.1) is 11.6 Å². The van der Waals surface area contributed by atoms with Crippen molar-refractivity contribution < 1.29 is 10.2 Å². The van der Waals surface area contributed by atoms with Crippen molar-refractivity contribution in [2.75, 3.05) is 13.1 Å². The van der Waals surface area contributed by atoms with E-state index in [0.717, 1.165) is 36.0 Å². The molecule has 120 valence electrons. The molecule has 0 spiro atoms. The van der Waals surface area contributed by atoms with E-state index in [1.54, 1.807) is 24.4 Å². The Morgan fingerprint density at radius 3 is 2.96 bits per heavy atom. The molecule has 5 rings (SSSR count). The van der Waals surface area contributed by atoms with E-state index < -0.39 is 6.10 Å². The van der Waals surface area contributed by atoms with Crippen molar-refractivity contribution in [3.63, 3.8) is 0 Å². The minimum absolute atomic E-state index is 0.144. The third-order valence-electron chi connectivity index (χ3n) is 5.48. The molecular weight excluding hydrogens is 288 g/mol. The molecule has 4 heteroatoms. The zero-order chi connectivity index (χ0) is 16.0. The number of hydrogen-bond donors (Lipinski definition) is 2. The highest BCUT2D eigenvalue weighted by molar-refractivity contribution is 5.83. The van der Waals surface area contributed by atoms with Crippen LogP contribution < -0.4 is 0 Å². The Bertz CT molecular complexity index is 771. The van der Waals surface area contributed by atoms with E-state index in [-0.39, 0.29) is 11.8 Å². The van der Waals surface area contributed by atoms with Gasteiger partial charge in [-0.25, -0.2) is 0 Å². The predicted octanol–water partition coefficient (Wildman–Crippen LogP) is 3.01. The molecule has 23 heavy (non-hydrogen) atoms. The molecule has 1 aromatic heterocycles. The number of fused-ring (bicyclic) bond motifs is 4. The molecule has 2 N–H and O–H groups in total. The molecular formula is C19H22N2O2. The largest absolute Gasteiger partial charge is 0.508 e. The van der Waals surface area contributed by atoms with Crippen LogP contribution in [-0.4, -0.2) is 39.2 Å². The molecule has 3 aliphatic rings. The van der Waals surface area contributed by atoms with Gasteiger partial charge in [-0.15, -0.1) is 0 Å². The van der Waals surface area contributed by atoms with Gasteiger partial charge in [0.15, 0.2) is 0 Å². The number of aromatic hydroxyl groups is 1. The molecule has 4 nitrogen and oxygen atoms in total. The maximum atomic E-state index is 11.0. The molecule has 0 radical (unpaired) electrons. The molecule has 2 aromatic rings. The van der Waals surface area contributed by atoms with Crippen molar-refractivity contribution in [1.82, 2.24) is 9.88 Å². The Hall–Kier alpha value is -1.91. The lowest BCUT2D eigenvalue weighted by Gasteiger charge is -2.48. The molecule has 3 aliphatic heterocycles. The monoisotopic (exact) mass is 310 g/mol. The van der Waals surface area contributed by atoms with Crippen LogP contribution in [0.3, 0.4) is 0 Å². The number of piperidine rings is 3. The van der Waals surface area contributed by atoms with Crippen molar-refractivity contribution >= 4 is 10.9 Å². The van der Waals surface area contributed by atoms with E-state index in [2.05, 4.69) is 22.9 Å². The van der Waals surface area contributed by atoms with Gasteiger partial charge in [0.25, 0.3) is 0 Å². The first-order valence-corrected chi connectivity index (χ1v) is 8.32. The highest BCUT2D eigenvalue weighted by Crippen LogP contribution is 2.41. The molecule has 0 saturated carbocycles. The number of phenolic OH excluding ortho intramolecular Hbond substituents is 1. The summed E-state index contributed by atoms with van der Waals surface area (Å²) in [4.78, 5) is 6.74. The average molecular weight is 310 g/mol. The van der Waals surface area contributed by atoms with Gasteiger partial charge in [-0.2, -0.15) is 0 Å². The fourth-order valence-electron chi connectivity index (χ4n) is 4.22. The van der Waals surface area contributed by atoms with Gasteiger partial charge in [-0.3, -0.25) is 9.88 Å². The summed E-state index contributed by atoms with van der Waals surface area (Å²) in [5, 5.41) is 21.7. The number of hydrogen-bond acceptors (Lipinski definition) is 4. The average Bonchev–Trinajstić information content (AvgIpc) is 2.60. The van der Waals surface area contributed by atoms with E-state index in [0.29, 0.717) is 5.92 Å². The maximum Gasteiger partial charge on any atom is 0.116 e. The molecule has 3 fully saturated rings. The fraction of sp³-hybridized carbons (Fsp3) is 0.421. The topological polar surface area (TPSA) is 56.6 Å². The summed E-state index contributed by atoms with van der Waals surface area (Å²) in [7, 11) is 0. The third kappa shape index (κ3) is 2.42. The van der Waals surface area contributed by atoms with E-state index in [4.69, 9.17) is 0 Å². The Morgan fingerprint density at radius 2 is 2.22 bits per heavy atom. The Balaban J connectivity index is 1.70. The molecule has 0 aliphatic carbocycles. The van der Waals surface area contributed by atoms with Crippen LogP contribution in [0.5, 0.6) is 5.75 Å². The number of pyridine rings is 1. The molecule has 3 saturated heterocycles. The first-order valence-electron chi connectivity index (χ1n) is 8.32. The number of allylic oxidation sites excluding steroid dienone is 1. The van der Waals surface area contributed by atoms with E-state index in [9.17, 15) is 10.2 Å². The lowest BCUT2D eigenvalue weighted by atomic mass is 9.76. The summed E-state index contributed by atoms with van der Waals surface area (Å²) >= 11 is 0. The summed E-state index contributed by atoms with van der Waals surface area (Å²) in [6.45, 7) is 4.14. The van der Waals surface area contributed by atoms with Gasteiger partial charge in [0.1, 0.15) is 5.75 Å². The summed E-state index contributed by atoms with van der Waals surface area (Å²) in [5.41, 5.74) is 3.19. The lowest BCUT2D eigenvalue weighted by Crippen LogP contribution is -2.52. The van der Waals surface area contributed by atoms with Crippen molar-refractivity contribution in [3.05, 3.63) is 47.7 Å². The number of aromatic nitrogens is 1. The number of nitrogens with zero attached hydrogens (tertiary/aromatic N) is 2. The van der Waals surface area contributed by atoms with Crippen molar-refractivity contribution in [3.8, 4) is 5.75 Å². The summed E-state index contributed by atoms with van der Waals surface area (Å²) < 4.78 is 0. The second kappa shape index (κ2) is 5.62. The van der Waals surface area contributed by atoms with Crippen molar-refractivity contribution in [2.45, 2.75) is 31.9 Å². The van der Waals surface area contributed by atoms with E-state index in [1.165, 1.54) is 12.0 Å².